The minimum atomic E-state index is -0.854. The smallest absolute Gasteiger partial charge is 0.400 e. The van der Waals surface area contributed by atoms with Crippen molar-refractivity contribution in [1.29, 1.82) is 0 Å². The highest BCUT2D eigenvalue weighted by Gasteiger charge is 2.13. The van der Waals surface area contributed by atoms with Gasteiger partial charge in [0.1, 0.15) is 4.92 Å². The van der Waals surface area contributed by atoms with Crippen LogP contribution in [0.5, 0.6) is 0 Å². The van der Waals surface area contributed by atoms with Crippen LogP contribution in [-0.2, 0) is 0 Å². The predicted molar refractivity (Wildman–Crippen MR) is 60.9 cm³/mol. The number of hydrazone groups is 1. The van der Waals surface area contributed by atoms with E-state index in [4.69, 9.17) is 15.3 Å². The maximum absolute atomic E-state index is 11.0. The molecule has 0 aliphatic heterocycles. The molecule has 0 saturated carbocycles. The summed E-state index contributed by atoms with van der Waals surface area (Å²) in [6, 6.07) is 1.63. The molecule has 9 heteroatoms. The van der Waals surface area contributed by atoms with Crippen LogP contribution in [0.3, 0.4) is 0 Å². The zero-order valence-corrected chi connectivity index (χ0v) is 9.52. The van der Waals surface area contributed by atoms with Crippen LogP contribution < -0.4 is 5.73 Å². The Morgan fingerprint density at radius 1 is 1.78 bits per heavy atom. The molecule has 0 radical (unpaired) electrons. The molecule has 1 aromatic heterocycles. The molecular weight excluding hydrogens is 244 g/mol. The largest absolute Gasteiger partial charge is 0.433 e. The normalized spacial score (nSPS) is 12.6. The van der Waals surface area contributed by atoms with Gasteiger partial charge in [0, 0.05) is 0 Å². The summed E-state index contributed by atoms with van der Waals surface area (Å²) in [6.07, 6.45) is 0.292. The van der Waals surface area contributed by atoms with Crippen LogP contribution in [0.15, 0.2) is 21.7 Å². The SMILES string of the molecule is C[C@@H](O)CN(/N=C/c1ccc([N+](=O)[O-])o1)C(N)=O. The number of amides is 2. The maximum atomic E-state index is 11.0. The lowest BCUT2D eigenvalue weighted by atomic mass is 10.4. The second-order valence-corrected chi connectivity index (χ2v) is 3.45. The highest BCUT2D eigenvalue weighted by Crippen LogP contribution is 2.13. The van der Waals surface area contributed by atoms with Gasteiger partial charge in [-0.3, -0.25) is 10.1 Å². The van der Waals surface area contributed by atoms with Crippen LogP contribution in [0.1, 0.15) is 12.7 Å². The van der Waals surface area contributed by atoms with Gasteiger partial charge in [-0.05, 0) is 13.0 Å². The number of hydrogen-bond donors (Lipinski definition) is 2. The number of primary amides is 1. The summed E-state index contributed by atoms with van der Waals surface area (Å²) >= 11 is 0. The molecule has 0 aromatic carbocycles. The van der Waals surface area contributed by atoms with E-state index in [9.17, 15) is 14.9 Å². The average molecular weight is 256 g/mol. The number of nitro groups is 1. The number of aliphatic hydroxyl groups is 1. The van der Waals surface area contributed by atoms with Gasteiger partial charge in [-0.2, -0.15) is 5.10 Å². The predicted octanol–water partition coefficient (Wildman–Crippen LogP) is 0.283. The van der Waals surface area contributed by atoms with E-state index < -0.39 is 22.9 Å². The number of rotatable bonds is 5. The zero-order chi connectivity index (χ0) is 13.7. The van der Waals surface area contributed by atoms with Gasteiger partial charge in [0.2, 0.25) is 0 Å². The van der Waals surface area contributed by atoms with Crippen molar-refractivity contribution in [1.82, 2.24) is 5.01 Å². The van der Waals surface area contributed by atoms with Crippen molar-refractivity contribution in [3.63, 3.8) is 0 Å². The second kappa shape index (κ2) is 5.77. The van der Waals surface area contributed by atoms with Gasteiger partial charge in [-0.25, -0.2) is 9.80 Å². The third kappa shape index (κ3) is 3.87. The van der Waals surface area contributed by atoms with E-state index in [1.807, 2.05) is 0 Å². The van der Waals surface area contributed by atoms with Gasteiger partial charge in [0.05, 0.1) is 24.9 Å². The Morgan fingerprint density at radius 2 is 2.44 bits per heavy atom. The molecule has 0 fully saturated rings. The summed E-state index contributed by atoms with van der Waals surface area (Å²) in [7, 11) is 0. The van der Waals surface area contributed by atoms with Crippen molar-refractivity contribution in [3.05, 3.63) is 28.0 Å². The van der Waals surface area contributed by atoms with Gasteiger partial charge < -0.3 is 15.3 Å². The molecule has 2 amide bonds. The molecule has 0 spiro atoms. The first-order chi connectivity index (χ1) is 8.40. The fraction of sp³-hybridized carbons (Fsp3) is 0.333. The minimum absolute atomic E-state index is 0.0887. The fourth-order valence-corrected chi connectivity index (χ4v) is 1.08. The highest BCUT2D eigenvalue weighted by molar-refractivity contribution is 5.79. The lowest BCUT2D eigenvalue weighted by Gasteiger charge is -2.15. The third-order valence-corrected chi connectivity index (χ3v) is 1.81. The molecule has 18 heavy (non-hydrogen) atoms. The van der Waals surface area contributed by atoms with Crippen molar-refractivity contribution >= 4 is 18.1 Å². The van der Waals surface area contributed by atoms with E-state index >= 15 is 0 Å². The Hall–Kier alpha value is -2.42. The second-order valence-electron chi connectivity index (χ2n) is 3.45. The van der Waals surface area contributed by atoms with Crippen LogP contribution in [0.4, 0.5) is 10.7 Å². The molecule has 0 unspecified atom stereocenters. The first kappa shape index (κ1) is 13.6. The monoisotopic (exact) mass is 256 g/mol. The van der Waals surface area contributed by atoms with Crippen molar-refractivity contribution in [2.45, 2.75) is 13.0 Å². The molecule has 0 aliphatic rings. The Kier molecular flexibility index (Phi) is 4.38. The van der Waals surface area contributed by atoms with Crippen LogP contribution in [0, 0.1) is 10.1 Å². The number of nitrogens with zero attached hydrogens (tertiary/aromatic N) is 3. The highest BCUT2D eigenvalue weighted by atomic mass is 16.6. The zero-order valence-electron chi connectivity index (χ0n) is 9.52. The summed E-state index contributed by atoms with van der Waals surface area (Å²) in [6.45, 7) is 1.37. The Balaban J connectivity index is 2.75. The van der Waals surface area contributed by atoms with Crippen molar-refractivity contribution in [3.8, 4) is 0 Å². The molecule has 0 aliphatic carbocycles. The number of carbonyl (C=O) groups is 1. The van der Waals surface area contributed by atoms with E-state index in [1.165, 1.54) is 13.0 Å². The van der Waals surface area contributed by atoms with Crippen LogP contribution >= 0.6 is 0 Å². The molecular formula is C9H12N4O5. The van der Waals surface area contributed by atoms with Crippen LogP contribution in [0.25, 0.3) is 0 Å². The number of nitrogens with two attached hydrogens (primary N) is 1. The molecule has 0 saturated heterocycles. The van der Waals surface area contributed by atoms with Gasteiger partial charge in [-0.15, -0.1) is 0 Å². The number of furan rings is 1. The summed E-state index contributed by atoms with van der Waals surface area (Å²) in [5, 5.41) is 23.9. The van der Waals surface area contributed by atoms with Gasteiger partial charge in [0.15, 0.2) is 5.76 Å². The first-order valence-corrected chi connectivity index (χ1v) is 4.93. The van der Waals surface area contributed by atoms with E-state index in [0.717, 1.165) is 17.3 Å². The van der Waals surface area contributed by atoms with E-state index in [0.29, 0.717) is 0 Å². The lowest BCUT2D eigenvalue weighted by Crippen LogP contribution is -2.36. The standard InChI is InChI=1S/C9H12N4O5/c1-6(14)5-12(9(10)15)11-4-7-2-3-8(18-7)13(16)17/h2-4,6,14H,5H2,1H3,(H2,10,15)/b11-4+/t6-/m1/s1. The molecule has 1 heterocycles. The van der Waals surface area contributed by atoms with Crippen LogP contribution in [-0.4, -0.2) is 39.9 Å². The topological polar surface area (TPSA) is 135 Å². The molecule has 0 bridgehead atoms. The number of aliphatic hydroxyl groups excluding tert-OH is 1. The molecule has 1 rings (SSSR count). The molecule has 98 valence electrons. The van der Waals surface area contributed by atoms with E-state index in [-0.39, 0.29) is 12.3 Å². The fourth-order valence-electron chi connectivity index (χ4n) is 1.08. The van der Waals surface area contributed by atoms with E-state index in [2.05, 4.69) is 5.10 Å². The third-order valence-electron chi connectivity index (χ3n) is 1.81. The summed E-state index contributed by atoms with van der Waals surface area (Å²) < 4.78 is 4.79. The van der Waals surface area contributed by atoms with Crippen molar-refractivity contribution < 1.29 is 19.2 Å². The maximum Gasteiger partial charge on any atom is 0.433 e. The lowest BCUT2D eigenvalue weighted by molar-refractivity contribution is -0.402. The Labute approximate surface area is 102 Å². The number of urea groups is 1. The van der Waals surface area contributed by atoms with Gasteiger partial charge in [0.25, 0.3) is 0 Å². The summed E-state index contributed by atoms with van der Waals surface area (Å²) in [5.74, 6) is -0.337. The summed E-state index contributed by atoms with van der Waals surface area (Å²) in [4.78, 5) is 20.6. The van der Waals surface area contributed by atoms with Crippen LogP contribution in [0.2, 0.25) is 0 Å². The molecule has 3 N–H and O–H groups in total. The minimum Gasteiger partial charge on any atom is -0.400 e. The average Bonchev–Trinajstić information content (AvgIpc) is 2.72. The van der Waals surface area contributed by atoms with Gasteiger partial charge >= 0.3 is 11.9 Å². The van der Waals surface area contributed by atoms with Gasteiger partial charge in [-0.1, -0.05) is 0 Å². The molecule has 1 aromatic rings. The molecule has 1 atom stereocenters. The Morgan fingerprint density at radius 3 is 2.89 bits per heavy atom. The first-order valence-electron chi connectivity index (χ1n) is 4.93. The quantitative estimate of drug-likeness (QED) is 0.443. The number of hydrogen-bond acceptors (Lipinski definition) is 6. The summed E-state index contributed by atoms with van der Waals surface area (Å²) in [5.41, 5.74) is 5.03. The number of carbonyl (C=O) groups excluding carboxylic acids is 1. The van der Waals surface area contributed by atoms with Crippen molar-refractivity contribution in [2.75, 3.05) is 6.54 Å². The van der Waals surface area contributed by atoms with Crippen molar-refractivity contribution in [2.24, 2.45) is 10.8 Å². The van der Waals surface area contributed by atoms with E-state index in [1.54, 1.807) is 0 Å². The Bertz CT molecular complexity index is 467. The molecule has 9 nitrogen and oxygen atoms in total.